The van der Waals surface area contributed by atoms with E-state index in [0.717, 1.165) is 11.6 Å². The molecule has 1 fully saturated rings. The van der Waals surface area contributed by atoms with Gasteiger partial charge in [0.1, 0.15) is 0 Å². The Balaban J connectivity index is 2.03. The molecule has 19 heavy (non-hydrogen) atoms. The van der Waals surface area contributed by atoms with Crippen molar-refractivity contribution in [3.63, 3.8) is 0 Å². The maximum absolute atomic E-state index is 11.4. The van der Waals surface area contributed by atoms with E-state index in [0.29, 0.717) is 17.3 Å². The first-order valence-corrected chi connectivity index (χ1v) is 6.84. The zero-order valence-electron chi connectivity index (χ0n) is 11.6. The van der Waals surface area contributed by atoms with E-state index >= 15 is 0 Å². The molecule has 1 aromatic rings. The van der Waals surface area contributed by atoms with Gasteiger partial charge in [-0.15, -0.1) is 0 Å². The third-order valence-corrected chi connectivity index (χ3v) is 3.85. The first-order chi connectivity index (χ1) is 9.10. The number of carbonyl (C=O) groups excluding carboxylic acids is 1. The highest BCUT2D eigenvalue weighted by molar-refractivity contribution is 5.91. The van der Waals surface area contributed by atoms with Crippen LogP contribution in [0, 0.1) is 5.92 Å². The van der Waals surface area contributed by atoms with Crippen molar-refractivity contribution in [1.82, 2.24) is 0 Å². The van der Waals surface area contributed by atoms with Gasteiger partial charge in [0.15, 0.2) is 0 Å². The van der Waals surface area contributed by atoms with Gasteiger partial charge in [0.2, 0.25) is 0 Å². The molecule has 1 aliphatic carbocycles. The number of hydrogen-bond acceptors (Lipinski definition) is 4. The predicted octanol–water partition coefficient (Wildman–Crippen LogP) is 3.05. The molecular formula is C15H22N2O2. The molecule has 4 heteroatoms. The third-order valence-electron chi connectivity index (χ3n) is 3.85. The van der Waals surface area contributed by atoms with Crippen LogP contribution in [0.5, 0.6) is 0 Å². The number of nitrogen functional groups attached to an aromatic ring is 1. The van der Waals surface area contributed by atoms with Gasteiger partial charge < -0.3 is 15.8 Å². The van der Waals surface area contributed by atoms with Crippen LogP contribution in [0.2, 0.25) is 0 Å². The highest BCUT2D eigenvalue weighted by Crippen LogP contribution is 2.28. The number of anilines is 2. The van der Waals surface area contributed by atoms with Crippen molar-refractivity contribution >= 4 is 17.3 Å². The summed E-state index contributed by atoms with van der Waals surface area (Å²) < 4.78 is 4.68. The fourth-order valence-corrected chi connectivity index (χ4v) is 2.56. The lowest BCUT2D eigenvalue weighted by Crippen LogP contribution is -2.25. The van der Waals surface area contributed by atoms with Gasteiger partial charge in [-0.2, -0.15) is 0 Å². The topological polar surface area (TPSA) is 64.3 Å². The van der Waals surface area contributed by atoms with Gasteiger partial charge in [-0.05, 0) is 49.8 Å². The van der Waals surface area contributed by atoms with Crippen molar-refractivity contribution < 1.29 is 9.53 Å². The monoisotopic (exact) mass is 262 g/mol. The lowest BCUT2D eigenvalue weighted by atomic mass is 9.87. The SMILES string of the molecule is COC(=O)c1ccc(NC2CCC(C)CC2)c(N)c1. The summed E-state index contributed by atoms with van der Waals surface area (Å²) in [6.45, 7) is 2.30. The second-order valence-electron chi connectivity index (χ2n) is 5.39. The summed E-state index contributed by atoms with van der Waals surface area (Å²) in [5.74, 6) is 0.474. The third kappa shape index (κ3) is 3.40. The molecule has 0 atom stereocenters. The van der Waals surface area contributed by atoms with Gasteiger partial charge in [-0.1, -0.05) is 6.92 Å². The van der Waals surface area contributed by atoms with Crippen LogP contribution >= 0.6 is 0 Å². The molecule has 4 nitrogen and oxygen atoms in total. The molecule has 0 bridgehead atoms. The van der Waals surface area contributed by atoms with Crippen molar-refractivity contribution in [2.45, 2.75) is 38.6 Å². The zero-order chi connectivity index (χ0) is 13.8. The van der Waals surface area contributed by atoms with Gasteiger partial charge in [0.25, 0.3) is 0 Å². The van der Waals surface area contributed by atoms with E-state index < -0.39 is 0 Å². The summed E-state index contributed by atoms with van der Waals surface area (Å²) in [6.07, 6.45) is 4.88. The molecule has 0 aromatic heterocycles. The van der Waals surface area contributed by atoms with Crippen LogP contribution in [0.25, 0.3) is 0 Å². The van der Waals surface area contributed by atoms with Crippen LogP contribution in [-0.2, 0) is 4.74 Å². The second-order valence-corrected chi connectivity index (χ2v) is 5.39. The van der Waals surface area contributed by atoms with E-state index in [1.54, 1.807) is 12.1 Å². The van der Waals surface area contributed by atoms with Crippen LogP contribution in [0.15, 0.2) is 18.2 Å². The Bertz CT molecular complexity index is 451. The molecule has 0 aliphatic heterocycles. The number of esters is 1. The van der Waals surface area contributed by atoms with Crippen LogP contribution in [0.3, 0.4) is 0 Å². The number of nitrogens with two attached hydrogens (primary N) is 1. The fraction of sp³-hybridized carbons (Fsp3) is 0.533. The Labute approximate surface area is 114 Å². The number of benzene rings is 1. The Hall–Kier alpha value is -1.71. The van der Waals surface area contributed by atoms with Crippen molar-refractivity contribution in [1.29, 1.82) is 0 Å². The zero-order valence-corrected chi connectivity index (χ0v) is 11.6. The molecule has 3 N–H and O–H groups in total. The largest absolute Gasteiger partial charge is 0.465 e. The predicted molar refractivity (Wildman–Crippen MR) is 77.2 cm³/mol. The van der Waals surface area contributed by atoms with E-state index in [1.807, 2.05) is 6.07 Å². The van der Waals surface area contributed by atoms with Crippen LogP contribution < -0.4 is 11.1 Å². The van der Waals surface area contributed by atoms with Crippen LogP contribution in [-0.4, -0.2) is 19.1 Å². The first kappa shape index (κ1) is 13.7. The Morgan fingerprint density at radius 3 is 2.58 bits per heavy atom. The van der Waals surface area contributed by atoms with E-state index in [9.17, 15) is 4.79 Å². The van der Waals surface area contributed by atoms with E-state index in [-0.39, 0.29) is 5.97 Å². The fourth-order valence-electron chi connectivity index (χ4n) is 2.56. The van der Waals surface area contributed by atoms with Crippen LogP contribution in [0.4, 0.5) is 11.4 Å². The summed E-state index contributed by atoms with van der Waals surface area (Å²) in [5, 5.41) is 3.48. The molecule has 104 valence electrons. The summed E-state index contributed by atoms with van der Waals surface area (Å²) >= 11 is 0. The smallest absolute Gasteiger partial charge is 0.337 e. The molecule has 0 amide bonds. The van der Waals surface area contributed by atoms with Gasteiger partial charge in [0.05, 0.1) is 24.0 Å². The molecule has 1 saturated carbocycles. The maximum Gasteiger partial charge on any atom is 0.337 e. The summed E-state index contributed by atoms with van der Waals surface area (Å²) in [7, 11) is 1.37. The minimum absolute atomic E-state index is 0.357. The second kappa shape index (κ2) is 5.95. The molecule has 0 spiro atoms. The van der Waals surface area contributed by atoms with Crippen molar-refractivity contribution in [2.24, 2.45) is 5.92 Å². The van der Waals surface area contributed by atoms with Gasteiger partial charge >= 0.3 is 5.97 Å². The molecule has 0 unspecified atom stereocenters. The van der Waals surface area contributed by atoms with Crippen molar-refractivity contribution in [3.05, 3.63) is 23.8 Å². The molecule has 0 heterocycles. The van der Waals surface area contributed by atoms with Crippen molar-refractivity contribution in [2.75, 3.05) is 18.2 Å². The molecule has 1 aromatic carbocycles. The minimum Gasteiger partial charge on any atom is -0.465 e. The molecular weight excluding hydrogens is 240 g/mol. The molecule has 0 saturated heterocycles. The minimum atomic E-state index is -0.357. The molecule has 0 radical (unpaired) electrons. The standard InChI is InChI=1S/C15H22N2O2/c1-10-3-6-12(7-4-10)17-14-8-5-11(9-13(14)16)15(18)19-2/h5,8-10,12,17H,3-4,6-7,16H2,1-2H3. The lowest BCUT2D eigenvalue weighted by molar-refractivity contribution is 0.0601. The number of carbonyl (C=O) groups is 1. The molecule has 1 aliphatic rings. The van der Waals surface area contributed by atoms with Crippen molar-refractivity contribution in [3.8, 4) is 0 Å². The van der Waals surface area contributed by atoms with E-state index in [4.69, 9.17) is 5.73 Å². The number of methoxy groups -OCH3 is 1. The van der Waals surface area contributed by atoms with E-state index in [1.165, 1.54) is 32.8 Å². The number of nitrogens with one attached hydrogen (secondary N) is 1. The Kier molecular flexibility index (Phi) is 4.30. The van der Waals surface area contributed by atoms with Gasteiger partial charge in [0, 0.05) is 6.04 Å². The first-order valence-electron chi connectivity index (χ1n) is 6.84. The Morgan fingerprint density at radius 2 is 2.00 bits per heavy atom. The summed E-state index contributed by atoms with van der Waals surface area (Å²) in [6, 6.07) is 5.76. The highest BCUT2D eigenvalue weighted by Gasteiger charge is 2.18. The van der Waals surface area contributed by atoms with Gasteiger partial charge in [-0.25, -0.2) is 4.79 Å². The number of rotatable bonds is 3. The normalized spacial score (nSPS) is 22.8. The quantitative estimate of drug-likeness (QED) is 0.649. The molecule has 2 rings (SSSR count). The number of ether oxygens (including phenoxy) is 1. The average molecular weight is 262 g/mol. The summed E-state index contributed by atoms with van der Waals surface area (Å²) in [5.41, 5.74) is 7.98. The van der Waals surface area contributed by atoms with E-state index in [2.05, 4.69) is 17.0 Å². The summed E-state index contributed by atoms with van der Waals surface area (Å²) in [4.78, 5) is 11.4. The lowest BCUT2D eigenvalue weighted by Gasteiger charge is -2.28. The van der Waals surface area contributed by atoms with Gasteiger partial charge in [-0.3, -0.25) is 0 Å². The number of hydrogen-bond donors (Lipinski definition) is 2. The maximum atomic E-state index is 11.4. The average Bonchev–Trinajstić information content (AvgIpc) is 2.42. The Morgan fingerprint density at radius 1 is 1.32 bits per heavy atom. The van der Waals surface area contributed by atoms with Crippen LogP contribution in [0.1, 0.15) is 43.0 Å². The highest BCUT2D eigenvalue weighted by atomic mass is 16.5.